The Kier molecular flexibility index (Phi) is 5.75. The third kappa shape index (κ3) is 4.24. The van der Waals surface area contributed by atoms with Gasteiger partial charge in [-0.25, -0.2) is 13.4 Å². The molecular weight excluding hydrogens is 478 g/mol. The Labute approximate surface area is 202 Å². The Hall–Kier alpha value is -3.43. The van der Waals surface area contributed by atoms with E-state index in [2.05, 4.69) is 14.6 Å². The van der Waals surface area contributed by atoms with Gasteiger partial charge in [-0.1, -0.05) is 23.7 Å². The highest BCUT2D eigenvalue weighted by Gasteiger charge is 2.22. The summed E-state index contributed by atoms with van der Waals surface area (Å²) in [6.07, 6.45) is 1.49. The molecule has 0 fully saturated rings. The predicted octanol–water partition coefficient (Wildman–Crippen LogP) is 5.00. The number of hydrogen-bond donors (Lipinski definition) is 1. The molecule has 0 aliphatic carbocycles. The molecule has 34 heavy (non-hydrogen) atoms. The van der Waals surface area contributed by atoms with Crippen LogP contribution in [0, 0.1) is 6.92 Å². The van der Waals surface area contributed by atoms with Crippen LogP contribution in [-0.2, 0) is 16.6 Å². The number of nitrogens with zero attached hydrogens (tertiary/aromatic N) is 2. The first kappa shape index (κ1) is 22.4. The van der Waals surface area contributed by atoms with Gasteiger partial charge in [-0.3, -0.25) is 4.72 Å². The number of likely N-dealkylation sites (N-methyl/N-ethyl adjacent to an activating group) is 1. The van der Waals surface area contributed by atoms with Gasteiger partial charge in [0.15, 0.2) is 17.2 Å². The molecule has 0 amide bonds. The molecule has 2 aromatic heterocycles. The zero-order valence-corrected chi connectivity index (χ0v) is 20.1. The van der Waals surface area contributed by atoms with Crippen molar-refractivity contribution in [1.82, 2.24) is 4.98 Å². The van der Waals surface area contributed by atoms with Crippen molar-refractivity contribution >= 4 is 44.2 Å². The first-order chi connectivity index (χ1) is 16.3. The summed E-state index contributed by atoms with van der Waals surface area (Å²) in [6, 6.07) is 13.8. The van der Waals surface area contributed by atoms with Crippen molar-refractivity contribution in [3.8, 4) is 11.5 Å². The Morgan fingerprint density at radius 1 is 1.21 bits per heavy atom. The fourth-order valence-corrected chi connectivity index (χ4v) is 5.28. The Morgan fingerprint density at radius 2 is 2.06 bits per heavy atom. The van der Waals surface area contributed by atoms with E-state index in [1.165, 1.54) is 12.3 Å². The van der Waals surface area contributed by atoms with Gasteiger partial charge >= 0.3 is 0 Å². The molecule has 0 saturated heterocycles. The van der Waals surface area contributed by atoms with E-state index in [9.17, 15) is 8.42 Å². The van der Waals surface area contributed by atoms with Crippen molar-refractivity contribution in [3.05, 3.63) is 70.9 Å². The van der Waals surface area contributed by atoms with Crippen molar-refractivity contribution in [2.45, 2.75) is 18.4 Å². The van der Waals surface area contributed by atoms with Crippen LogP contribution in [-0.4, -0.2) is 33.6 Å². The van der Waals surface area contributed by atoms with Gasteiger partial charge in [0, 0.05) is 24.2 Å². The molecule has 0 spiro atoms. The number of sulfonamides is 1. The minimum atomic E-state index is -3.97. The summed E-state index contributed by atoms with van der Waals surface area (Å²) < 4.78 is 46.0. The summed E-state index contributed by atoms with van der Waals surface area (Å²) in [5.74, 6) is 1.13. The minimum absolute atomic E-state index is 0.0617. The van der Waals surface area contributed by atoms with Crippen LogP contribution in [0.25, 0.3) is 11.1 Å². The molecule has 5 rings (SSSR count). The average Bonchev–Trinajstić information content (AvgIpc) is 3.26. The van der Waals surface area contributed by atoms with E-state index in [1.54, 1.807) is 31.2 Å². The first-order valence-electron chi connectivity index (χ1n) is 10.6. The van der Waals surface area contributed by atoms with E-state index in [1.807, 2.05) is 25.2 Å². The molecular formula is C24H22ClN3O5S. The van der Waals surface area contributed by atoms with Crippen molar-refractivity contribution in [2.24, 2.45) is 0 Å². The Bertz CT molecular complexity index is 1490. The average molecular weight is 500 g/mol. The highest BCUT2D eigenvalue weighted by Crippen LogP contribution is 2.34. The summed E-state index contributed by atoms with van der Waals surface area (Å²) in [4.78, 5) is 6.61. The van der Waals surface area contributed by atoms with Gasteiger partial charge in [-0.2, -0.15) is 0 Å². The van der Waals surface area contributed by atoms with Gasteiger partial charge in [0.2, 0.25) is 0 Å². The van der Waals surface area contributed by atoms with Gasteiger partial charge in [-0.15, -0.1) is 0 Å². The van der Waals surface area contributed by atoms with Crippen LogP contribution in [0.5, 0.6) is 11.5 Å². The molecule has 0 unspecified atom stereocenters. The lowest BCUT2D eigenvalue weighted by Crippen LogP contribution is -2.28. The normalized spacial score (nSPS) is 13.4. The smallest absolute Gasteiger partial charge is 0.263 e. The lowest BCUT2D eigenvalue weighted by atomic mass is 10.1. The molecule has 0 bridgehead atoms. The topological polar surface area (TPSA) is 93.9 Å². The van der Waals surface area contributed by atoms with Crippen LogP contribution in [0.15, 0.2) is 64.1 Å². The van der Waals surface area contributed by atoms with Gasteiger partial charge in [-0.05, 0) is 42.3 Å². The van der Waals surface area contributed by atoms with E-state index >= 15 is 0 Å². The van der Waals surface area contributed by atoms with Crippen LogP contribution in [0.1, 0.15) is 11.1 Å². The zero-order chi connectivity index (χ0) is 23.9. The molecule has 4 aromatic rings. The maximum absolute atomic E-state index is 13.2. The molecule has 8 nitrogen and oxygen atoms in total. The highest BCUT2D eigenvalue weighted by atomic mass is 35.5. The third-order valence-electron chi connectivity index (χ3n) is 5.65. The molecule has 1 aliphatic heterocycles. The quantitative estimate of drug-likeness (QED) is 0.399. The van der Waals surface area contributed by atoms with Gasteiger partial charge in [0.05, 0.1) is 23.4 Å². The number of ether oxygens (including phenoxy) is 2. The van der Waals surface area contributed by atoms with E-state index in [4.69, 9.17) is 25.5 Å². The number of aromatic nitrogens is 1. The number of pyridine rings is 1. The van der Waals surface area contributed by atoms with Crippen LogP contribution in [0.3, 0.4) is 0 Å². The summed E-state index contributed by atoms with van der Waals surface area (Å²) >= 11 is 6.14. The second kappa shape index (κ2) is 8.73. The zero-order valence-electron chi connectivity index (χ0n) is 18.5. The predicted molar refractivity (Wildman–Crippen MR) is 131 cm³/mol. The third-order valence-corrected chi connectivity index (χ3v) is 7.55. The molecule has 0 atom stereocenters. The fraction of sp³-hybridized carbons (Fsp3) is 0.208. The molecule has 1 N–H and O–H groups in total. The molecule has 3 heterocycles. The van der Waals surface area contributed by atoms with E-state index in [0.29, 0.717) is 28.3 Å². The van der Waals surface area contributed by atoms with E-state index in [0.717, 1.165) is 23.5 Å². The molecule has 2 aromatic carbocycles. The second-order valence-corrected chi connectivity index (χ2v) is 10.0. The Morgan fingerprint density at radius 3 is 2.91 bits per heavy atom. The number of nitrogens with one attached hydrogen (secondary N) is 1. The highest BCUT2D eigenvalue weighted by molar-refractivity contribution is 7.92. The van der Waals surface area contributed by atoms with Gasteiger partial charge < -0.3 is 18.8 Å². The second-order valence-electron chi connectivity index (χ2n) is 7.97. The number of furan rings is 1. The maximum Gasteiger partial charge on any atom is 0.263 e. The lowest BCUT2D eigenvalue weighted by Gasteiger charge is -2.28. The van der Waals surface area contributed by atoms with Gasteiger partial charge in [0.1, 0.15) is 24.5 Å². The van der Waals surface area contributed by atoms with Crippen molar-refractivity contribution in [1.29, 1.82) is 0 Å². The molecule has 10 heteroatoms. The van der Waals surface area contributed by atoms with Crippen molar-refractivity contribution in [2.75, 3.05) is 29.8 Å². The largest absolute Gasteiger partial charge is 0.490 e. The SMILES string of the molecule is Cc1c(Cl)cccc1S(=O)(=O)Nc1nc2ccoc2cc1OCc1ccc2c(c1)N(C)CCO2. The van der Waals surface area contributed by atoms with Crippen molar-refractivity contribution < 1.29 is 22.3 Å². The summed E-state index contributed by atoms with van der Waals surface area (Å²) in [6.45, 7) is 3.28. The van der Waals surface area contributed by atoms with Crippen LogP contribution < -0.4 is 19.1 Å². The van der Waals surface area contributed by atoms with E-state index in [-0.39, 0.29) is 23.1 Å². The summed E-state index contributed by atoms with van der Waals surface area (Å²) in [5, 5.41) is 0.360. The summed E-state index contributed by atoms with van der Waals surface area (Å²) in [7, 11) is -1.97. The molecule has 1 aliphatic rings. The summed E-state index contributed by atoms with van der Waals surface area (Å²) in [5.41, 5.74) is 3.30. The number of anilines is 2. The Balaban J connectivity index is 1.46. The minimum Gasteiger partial charge on any atom is -0.490 e. The first-order valence-corrected chi connectivity index (χ1v) is 12.4. The maximum atomic E-state index is 13.2. The molecule has 176 valence electrons. The van der Waals surface area contributed by atoms with E-state index < -0.39 is 10.0 Å². The van der Waals surface area contributed by atoms with Crippen LogP contribution in [0.2, 0.25) is 5.02 Å². The number of halogens is 1. The van der Waals surface area contributed by atoms with Crippen molar-refractivity contribution in [3.63, 3.8) is 0 Å². The van der Waals surface area contributed by atoms with Crippen LogP contribution >= 0.6 is 11.6 Å². The molecule has 0 saturated carbocycles. The standard InChI is InChI=1S/C24H22ClN3O5S/c1-15-17(25)4-3-5-23(15)34(29,30)27-24-22(13-21-18(26-24)8-10-31-21)33-14-16-6-7-20-19(12-16)28(2)9-11-32-20/h3-8,10,12-13H,9,11,14H2,1-2H3,(H,26,27). The van der Waals surface area contributed by atoms with Crippen LogP contribution in [0.4, 0.5) is 11.5 Å². The number of hydrogen-bond acceptors (Lipinski definition) is 7. The van der Waals surface area contributed by atoms with Gasteiger partial charge in [0.25, 0.3) is 10.0 Å². The number of rotatable bonds is 6. The number of benzene rings is 2. The lowest BCUT2D eigenvalue weighted by molar-refractivity contribution is 0.302. The fourth-order valence-electron chi connectivity index (χ4n) is 3.77. The molecule has 0 radical (unpaired) electrons. The number of fused-ring (bicyclic) bond motifs is 2. The monoisotopic (exact) mass is 499 g/mol.